The van der Waals surface area contributed by atoms with E-state index in [-0.39, 0.29) is 0 Å². The summed E-state index contributed by atoms with van der Waals surface area (Å²) in [6.07, 6.45) is 3.54. The summed E-state index contributed by atoms with van der Waals surface area (Å²) in [6.45, 7) is 4.05. The van der Waals surface area contributed by atoms with Gasteiger partial charge in [-0.15, -0.1) is 0 Å². The first-order chi connectivity index (χ1) is 6.38. The molecule has 3 nitrogen and oxygen atoms in total. The van der Waals surface area contributed by atoms with Crippen LogP contribution in [-0.2, 0) is 0 Å². The second-order valence-electron chi connectivity index (χ2n) is 3.06. The Hall–Kier alpha value is -0.800. The molecule has 0 amide bonds. The molecule has 0 unspecified atom stereocenters. The predicted molar refractivity (Wildman–Crippen MR) is 54.3 cm³/mol. The molecule has 1 aromatic heterocycles. The second kappa shape index (κ2) is 3.94. The van der Waals surface area contributed by atoms with Crippen LogP contribution in [0.4, 0.5) is 5.69 Å². The quantitative estimate of drug-likeness (QED) is 0.732. The fourth-order valence-electron chi connectivity index (χ4n) is 1.51. The van der Waals surface area contributed by atoms with Crippen molar-refractivity contribution in [1.29, 1.82) is 0 Å². The van der Waals surface area contributed by atoms with Crippen molar-refractivity contribution in [2.24, 2.45) is 0 Å². The molecule has 4 heteroatoms. The lowest BCUT2D eigenvalue weighted by Gasteiger charge is -2.29. The van der Waals surface area contributed by atoms with Crippen molar-refractivity contribution >= 4 is 17.3 Å². The van der Waals surface area contributed by atoms with E-state index in [1.807, 2.05) is 12.3 Å². The third kappa shape index (κ3) is 1.92. The number of halogens is 1. The van der Waals surface area contributed by atoms with Crippen LogP contribution in [0.3, 0.4) is 0 Å². The van der Waals surface area contributed by atoms with Gasteiger partial charge in [-0.05, 0) is 6.07 Å². The minimum atomic E-state index is 0.789. The minimum Gasteiger partial charge on any atom is -0.367 e. The van der Waals surface area contributed by atoms with Gasteiger partial charge >= 0.3 is 0 Å². The van der Waals surface area contributed by atoms with Gasteiger partial charge in [0.1, 0.15) is 0 Å². The summed E-state index contributed by atoms with van der Waals surface area (Å²) in [7, 11) is 0. The van der Waals surface area contributed by atoms with Crippen molar-refractivity contribution in [3.8, 4) is 0 Å². The molecule has 2 rings (SSSR count). The van der Waals surface area contributed by atoms with Crippen molar-refractivity contribution in [2.45, 2.75) is 0 Å². The monoisotopic (exact) mass is 197 g/mol. The van der Waals surface area contributed by atoms with Crippen LogP contribution in [0.5, 0.6) is 0 Å². The molecule has 1 saturated heterocycles. The average Bonchev–Trinajstić information content (AvgIpc) is 2.20. The number of nitrogens with one attached hydrogen (secondary N) is 1. The number of nitrogens with zero attached hydrogens (tertiary/aromatic N) is 2. The van der Waals surface area contributed by atoms with Crippen LogP contribution in [0.25, 0.3) is 0 Å². The lowest BCUT2D eigenvalue weighted by Crippen LogP contribution is -2.43. The SMILES string of the molecule is Clc1ccncc1N1CCNCC1. The minimum absolute atomic E-state index is 0.789. The van der Waals surface area contributed by atoms with E-state index in [4.69, 9.17) is 11.6 Å². The van der Waals surface area contributed by atoms with Crippen LogP contribution >= 0.6 is 11.6 Å². The van der Waals surface area contributed by atoms with Gasteiger partial charge < -0.3 is 10.2 Å². The molecule has 0 bridgehead atoms. The Bertz CT molecular complexity index is 284. The number of piperazine rings is 1. The number of hydrogen-bond donors (Lipinski definition) is 1. The largest absolute Gasteiger partial charge is 0.367 e. The van der Waals surface area contributed by atoms with E-state index in [2.05, 4.69) is 15.2 Å². The second-order valence-corrected chi connectivity index (χ2v) is 3.47. The van der Waals surface area contributed by atoms with Gasteiger partial charge in [0.2, 0.25) is 0 Å². The zero-order chi connectivity index (χ0) is 9.10. The topological polar surface area (TPSA) is 28.2 Å². The lowest BCUT2D eigenvalue weighted by molar-refractivity contribution is 0.589. The van der Waals surface area contributed by atoms with Gasteiger partial charge in [-0.1, -0.05) is 11.6 Å². The first-order valence-corrected chi connectivity index (χ1v) is 4.81. The Morgan fingerprint density at radius 1 is 1.38 bits per heavy atom. The summed E-state index contributed by atoms with van der Waals surface area (Å²) in [4.78, 5) is 6.33. The van der Waals surface area contributed by atoms with Crippen molar-refractivity contribution in [2.75, 3.05) is 31.1 Å². The third-order valence-electron chi connectivity index (χ3n) is 2.21. The lowest BCUT2D eigenvalue weighted by atomic mass is 10.3. The Kier molecular flexibility index (Phi) is 2.66. The van der Waals surface area contributed by atoms with E-state index >= 15 is 0 Å². The zero-order valence-electron chi connectivity index (χ0n) is 7.33. The Labute approximate surface area is 82.7 Å². The Morgan fingerprint density at radius 2 is 2.15 bits per heavy atom. The maximum Gasteiger partial charge on any atom is 0.0742 e. The fourth-order valence-corrected chi connectivity index (χ4v) is 1.73. The van der Waals surface area contributed by atoms with Gasteiger partial charge in [-0.3, -0.25) is 4.98 Å². The summed E-state index contributed by atoms with van der Waals surface area (Å²) in [5.74, 6) is 0. The van der Waals surface area contributed by atoms with E-state index in [1.54, 1.807) is 6.20 Å². The molecule has 1 aliphatic rings. The van der Waals surface area contributed by atoms with E-state index < -0.39 is 0 Å². The number of hydrogen-bond acceptors (Lipinski definition) is 3. The molecular formula is C9H12ClN3. The maximum atomic E-state index is 6.06. The smallest absolute Gasteiger partial charge is 0.0742 e. The fraction of sp³-hybridized carbons (Fsp3) is 0.444. The Morgan fingerprint density at radius 3 is 2.85 bits per heavy atom. The summed E-state index contributed by atoms with van der Waals surface area (Å²) in [6, 6.07) is 1.83. The molecule has 0 spiro atoms. The molecule has 0 aliphatic carbocycles. The highest BCUT2D eigenvalue weighted by atomic mass is 35.5. The van der Waals surface area contributed by atoms with Gasteiger partial charge in [0.25, 0.3) is 0 Å². The van der Waals surface area contributed by atoms with Crippen molar-refractivity contribution < 1.29 is 0 Å². The first-order valence-electron chi connectivity index (χ1n) is 4.43. The van der Waals surface area contributed by atoms with Crippen LogP contribution in [0.15, 0.2) is 18.5 Å². The highest BCUT2D eigenvalue weighted by Gasteiger charge is 2.12. The van der Waals surface area contributed by atoms with Gasteiger partial charge in [-0.2, -0.15) is 0 Å². The molecule has 1 N–H and O–H groups in total. The van der Waals surface area contributed by atoms with Crippen LogP contribution < -0.4 is 10.2 Å². The highest BCUT2D eigenvalue weighted by molar-refractivity contribution is 6.33. The van der Waals surface area contributed by atoms with Crippen LogP contribution in [0.2, 0.25) is 5.02 Å². The number of aromatic nitrogens is 1. The standard InChI is InChI=1S/C9H12ClN3/c10-8-1-2-12-7-9(8)13-5-3-11-4-6-13/h1-2,7,11H,3-6H2. The molecule has 1 aliphatic heterocycles. The van der Waals surface area contributed by atoms with E-state index in [0.29, 0.717) is 0 Å². The van der Waals surface area contributed by atoms with Gasteiger partial charge in [0, 0.05) is 32.4 Å². The number of rotatable bonds is 1. The molecule has 0 atom stereocenters. The van der Waals surface area contributed by atoms with Crippen LogP contribution in [-0.4, -0.2) is 31.2 Å². The molecule has 70 valence electrons. The van der Waals surface area contributed by atoms with Crippen molar-refractivity contribution in [3.63, 3.8) is 0 Å². The summed E-state index contributed by atoms with van der Waals surface area (Å²) in [5, 5.41) is 4.09. The molecule has 0 radical (unpaired) electrons. The zero-order valence-corrected chi connectivity index (χ0v) is 8.09. The van der Waals surface area contributed by atoms with Gasteiger partial charge in [0.15, 0.2) is 0 Å². The van der Waals surface area contributed by atoms with Crippen LogP contribution in [0.1, 0.15) is 0 Å². The normalized spacial score (nSPS) is 17.5. The molecule has 1 fully saturated rings. The number of anilines is 1. The molecule has 2 heterocycles. The summed E-state index contributed by atoms with van der Waals surface area (Å²) in [5.41, 5.74) is 1.05. The first kappa shape index (κ1) is 8.78. The Balaban J connectivity index is 2.18. The molecule has 0 aromatic carbocycles. The number of pyridine rings is 1. The molecule has 1 aromatic rings. The van der Waals surface area contributed by atoms with Crippen molar-refractivity contribution in [3.05, 3.63) is 23.5 Å². The predicted octanol–water partition coefficient (Wildman–Crippen LogP) is 1.14. The van der Waals surface area contributed by atoms with Gasteiger partial charge in [-0.25, -0.2) is 0 Å². The van der Waals surface area contributed by atoms with E-state index in [9.17, 15) is 0 Å². The molecule has 0 saturated carbocycles. The molecule has 13 heavy (non-hydrogen) atoms. The summed E-state index contributed by atoms with van der Waals surface area (Å²) < 4.78 is 0. The van der Waals surface area contributed by atoms with Crippen LogP contribution in [0, 0.1) is 0 Å². The van der Waals surface area contributed by atoms with Gasteiger partial charge in [0.05, 0.1) is 16.9 Å². The average molecular weight is 198 g/mol. The third-order valence-corrected chi connectivity index (χ3v) is 2.53. The highest BCUT2D eigenvalue weighted by Crippen LogP contribution is 2.23. The van der Waals surface area contributed by atoms with E-state index in [1.165, 1.54) is 0 Å². The van der Waals surface area contributed by atoms with E-state index in [0.717, 1.165) is 36.9 Å². The van der Waals surface area contributed by atoms with Crippen molar-refractivity contribution in [1.82, 2.24) is 10.3 Å². The molecular weight excluding hydrogens is 186 g/mol. The summed E-state index contributed by atoms with van der Waals surface area (Å²) >= 11 is 6.06. The maximum absolute atomic E-state index is 6.06.